The maximum absolute atomic E-state index is 12.4. The molecule has 0 unspecified atom stereocenters. The standard InChI is InChI=1S/C18H17N3O2.V.W/c1-5-8-9-11-21-16(12-13(4)20-21)17-19-15(7-3)14(10-6-2)18(22)23-17;;/h1,5,7-12H,2-4H3;;/b8-5-,11-9?,14-10+,15-7?;;. The predicted octanol–water partition coefficient (Wildman–Crippen LogP) is 0.903. The van der Waals surface area contributed by atoms with Crippen molar-refractivity contribution in [2.24, 2.45) is 0 Å². The van der Waals surface area contributed by atoms with Crippen LogP contribution in [0, 0.1) is 6.92 Å². The van der Waals surface area contributed by atoms with Crippen LogP contribution in [-0.2, 0) is 36.3 Å². The van der Waals surface area contributed by atoms with Crippen molar-refractivity contribution in [1.82, 2.24) is 14.8 Å². The summed E-state index contributed by atoms with van der Waals surface area (Å²) in [5.41, 5.74) is 1.03. The van der Waals surface area contributed by atoms with Crippen molar-refractivity contribution in [2.75, 3.05) is 0 Å². The number of nitrogens with zero attached hydrogens (tertiary/aromatic N) is 3. The van der Waals surface area contributed by atoms with Gasteiger partial charge in [0.05, 0.1) is 0 Å². The monoisotopic (exact) mass is 542 g/mol. The van der Waals surface area contributed by atoms with E-state index in [-0.39, 0.29) is 5.89 Å². The molecule has 0 atom stereocenters. The number of hydrogen-bond donors (Lipinski definition) is 0. The van der Waals surface area contributed by atoms with Crippen molar-refractivity contribution < 1.29 is 40.7 Å². The van der Waals surface area contributed by atoms with E-state index in [1.807, 2.05) is 49.5 Å². The molecule has 0 spiro atoms. The van der Waals surface area contributed by atoms with E-state index in [0.29, 0.717) is 16.3 Å². The number of hydrogen-bond acceptors (Lipinski definition) is 4. The summed E-state index contributed by atoms with van der Waals surface area (Å²) in [5.74, 6) is 0.249. The Kier molecular flexibility index (Phi) is 7.18. The second kappa shape index (κ2) is 9.14. The van der Waals surface area contributed by atoms with Crippen LogP contribution in [0.2, 0.25) is 0 Å². The summed E-state index contributed by atoms with van der Waals surface area (Å²) in [6.07, 6.45) is 11.1. The Labute approximate surface area is 165 Å². The number of aryl methyl sites for hydroxylation is 1. The Morgan fingerprint density at radius 3 is 2.76 bits per heavy atom. The van der Waals surface area contributed by atoms with E-state index in [9.17, 15) is 4.79 Å². The first-order chi connectivity index (χ1) is 12.0. The van der Waals surface area contributed by atoms with Crippen molar-refractivity contribution >= 4 is 27.0 Å². The third-order valence-corrected chi connectivity index (χ3v) is 3.91. The average molecular weight is 542 g/mol. The zero-order valence-corrected chi connectivity index (χ0v) is 18.5. The maximum atomic E-state index is 12.4. The molecule has 0 aromatic carbocycles. The summed E-state index contributed by atoms with van der Waals surface area (Å²) in [6, 6.07) is 1.84. The van der Waals surface area contributed by atoms with Crippen LogP contribution in [-0.4, -0.2) is 23.4 Å². The molecule has 0 amide bonds. The van der Waals surface area contributed by atoms with Crippen molar-refractivity contribution in [1.29, 1.82) is 0 Å². The Morgan fingerprint density at radius 1 is 1.36 bits per heavy atom. The molecule has 0 aliphatic heterocycles. The summed E-state index contributed by atoms with van der Waals surface area (Å²) in [7, 11) is 0. The van der Waals surface area contributed by atoms with E-state index >= 15 is 0 Å². The molecule has 0 N–H and O–H groups in total. The van der Waals surface area contributed by atoms with Gasteiger partial charge >= 0.3 is 166 Å². The van der Waals surface area contributed by atoms with E-state index in [1.54, 1.807) is 23.0 Å². The SMILES string of the molecule is CC=c1nc(-c2cc(C)nn2C=C/C=C\[CH]=[W])oc(=O)/c1=C/[C](C)=[V]. The molecule has 0 saturated carbocycles. The zero-order chi connectivity index (χ0) is 18.4. The summed E-state index contributed by atoms with van der Waals surface area (Å²) < 4.78 is 10.1. The van der Waals surface area contributed by atoms with Crippen LogP contribution in [0.15, 0.2) is 33.5 Å². The quantitative estimate of drug-likeness (QED) is 0.528. The minimum atomic E-state index is -0.415. The van der Waals surface area contributed by atoms with Gasteiger partial charge in [0, 0.05) is 0 Å². The summed E-state index contributed by atoms with van der Waals surface area (Å²) in [4.78, 5) is 16.9. The van der Waals surface area contributed by atoms with Crippen molar-refractivity contribution in [3.05, 3.63) is 51.0 Å². The minimum absolute atomic E-state index is 0.249. The van der Waals surface area contributed by atoms with Gasteiger partial charge < -0.3 is 0 Å². The van der Waals surface area contributed by atoms with Crippen LogP contribution in [0.5, 0.6) is 0 Å². The Bertz CT molecular complexity index is 1050. The van der Waals surface area contributed by atoms with Gasteiger partial charge in [0.15, 0.2) is 0 Å². The second-order valence-corrected chi connectivity index (χ2v) is 7.24. The molecule has 127 valence electrons. The first-order valence-electron chi connectivity index (χ1n) is 7.53. The molecule has 7 heteroatoms. The van der Waals surface area contributed by atoms with Gasteiger partial charge in [-0.25, -0.2) is 0 Å². The van der Waals surface area contributed by atoms with E-state index in [0.717, 1.165) is 9.92 Å². The van der Waals surface area contributed by atoms with E-state index in [4.69, 9.17) is 4.42 Å². The van der Waals surface area contributed by atoms with Crippen LogP contribution in [0.4, 0.5) is 0 Å². The average Bonchev–Trinajstić information content (AvgIpc) is 2.93. The van der Waals surface area contributed by atoms with Crippen LogP contribution in [0.1, 0.15) is 19.5 Å². The van der Waals surface area contributed by atoms with E-state index in [2.05, 4.69) is 27.1 Å². The van der Waals surface area contributed by atoms with Gasteiger partial charge in [0.2, 0.25) is 0 Å². The summed E-state index contributed by atoms with van der Waals surface area (Å²) in [6.45, 7) is 5.63. The van der Waals surface area contributed by atoms with Gasteiger partial charge in [-0.15, -0.1) is 0 Å². The number of rotatable bonds is 5. The van der Waals surface area contributed by atoms with E-state index < -0.39 is 5.63 Å². The molecular formula is C18H17N3O2VW. The third kappa shape index (κ3) is 5.15. The summed E-state index contributed by atoms with van der Waals surface area (Å²) in [5, 5.41) is 5.45. The molecule has 0 aliphatic rings. The number of allylic oxidation sites excluding steroid dienone is 3. The molecule has 2 heterocycles. The van der Waals surface area contributed by atoms with Gasteiger partial charge in [-0.3, -0.25) is 0 Å². The molecule has 0 radical (unpaired) electrons. The zero-order valence-electron chi connectivity index (χ0n) is 14.1. The van der Waals surface area contributed by atoms with Crippen LogP contribution >= 0.6 is 0 Å². The Morgan fingerprint density at radius 2 is 2.12 bits per heavy atom. The summed E-state index contributed by atoms with van der Waals surface area (Å²) >= 11 is 3.79. The van der Waals surface area contributed by atoms with Gasteiger partial charge in [-0.05, 0) is 0 Å². The molecule has 2 rings (SSSR count). The van der Waals surface area contributed by atoms with E-state index in [1.165, 1.54) is 19.4 Å². The Hall–Kier alpha value is -1.68. The molecule has 0 aliphatic carbocycles. The second-order valence-electron chi connectivity index (χ2n) is 5.16. The van der Waals surface area contributed by atoms with Crippen LogP contribution < -0.4 is 16.2 Å². The van der Waals surface area contributed by atoms with Gasteiger partial charge in [-0.1, -0.05) is 0 Å². The molecule has 0 saturated heterocycles. The molecular weight excluding hydrogens is 525 g/mol. The van der Waals surface area contributed by atoms with Crippen LogP contribution in [0.25, 0.3) is 29.9 Å². The van der Waals surface area contributed by atoms with Gasteiger partial charge in [0.25, 0.3) is 0 Å². The van der Waals surface area contributed by atoms with Crippen molar-refractivity contribution in [3.63, 3.8) is 0 Å². The fraction of sp³-hybridized carbons (Fsp3) is 0.167. The third-order valence-electron chi connectivity index (χ3n) is 3.14. The normalized spacial score (nSPS) is 13.2. The van der Waals surface area contributed by atoms with Gasteiger partial charge in [0.1, 0.15) is 0 Å². The predicted molar refractivity (Wildman–Crippen MR) is 93.8 cm³/mol. The molecule has 0 fully saturated rings. The van der Waals surface area contributed by atoms with Crippen molar-refractivity contribution in [2.45, 2.75) is 20.8 Å². The molecule has 5 nitrogen and oxygen atoms in total. The topological polar surface area (TPSA) is 60.9 Å². The molecule has 0 bridgehead atoms. The Balaban J connectivity index is 2.65. The number of aromatic nitrogens is 3. The molecule has 25 heavy (non-hydrogen) atoms. The van der Waals surface area contributed by atoms with Gasteiger partial charge in [-0.2, -0.15) is 0 Å². The molecule has 2 aromatic heterocycles. The fourth-order valence-electron chi connectivity index (χ4n) is 2.14. The first kappa shape index (κ1) is 19.6. The first-order valence-corrected chi connectivity index (χ1v) is 9.92. The molecule has 2 aromatic rings. The van der Waals surface area contributed by atoms with Crippen molar-refractivity contribution in [3.8, 4) is 11.6 Å². The fourth-order valence-corrected chi connectivity index (χ4v) is 2.67. The van der Waals surface area contributed by atoms with Crippen LogP contribution in [0.3, 0.4) is 0 Å².